The Kier molecular flexibility index (Phi) is 6.29. The number of rotatable bonds is 8. The molecule has 0 aliphatic heterocycles. The van der Waals surface area contributed by atoms with Gasteiger partial charge in [-0.05, 0) is 19.1 Å². The van der Waals surface area contributed by atoms with Crippen LogP contribution >= 0.6 is 0 Å². The van der Waals surface area contributed by atoms with Crippen molar-refractivity contribution in [3.05, 3.63) is 102 Å². The summed E-state index contributed by atoms with van der Waals surface area (Å²) >= 11 is 0. The van der Waals surface area contributed by atoms with E-state index in [2.05, 4.69) is 43.0 Å². The SMILES string of the molecule is C[NH+](Cc1ccccc1)[C@](C)(CNS(=O)(=O)c1ccccc1)c1ccccc1. The van der Waals surface area contributed by atoms with E-state index < -0.39 is 15.6 Å². The first-order chi connectivity index (χ1) is 13.4. The minimum absolute atomic E-state index is 0.283. The number of hydrogen-bond donors (Lipinski definition) is 2. The molecule has 0 fully saturated rings. The molecule has 0 amide bonds. The summed E-state index contributed by atoms with van der Waals surface area (Å²) < 4.78 is 28.4. The van der Waals surface area contributed by atoms with Gasteiger partial charge in [0.1, 0.15) is 12.1 Å². The molecule has 1 unspecified atom stereocenters. The predicted octanol–water partition coefficient (Wildman–Crippen LogP) is 2.60. The molecule has 0 spiro atoms. The van der Waals surface area contributed by atoms with Crippen molar-refractivity contribution in [3.63, 3.8) is 0 Å². The Morgan fingerprint density at radius 3 is 1.89 bits per heavy atom. The molecule has 4 nitrogen and oxygen atoms in total. The van der Waals surface area contributed by atoms with Gasteiger partial charge in [0.25, 0.3) is 0 Å². The van der Waals surface area contributed by atoms with Crippen LogP contribution in [0.4, 0.5) is 0 Å². The summed E-state index contributed by atoms with van der Waals surface area (Å²) in [7, 11) is -1.46. The quantitative estimate of drug-likeness (QED) is 0.616. The highest BCUT2D eigenvalue weighted by atomic mass is 32.2. The van der Waals surface area contributed by atoms with E-state index >= 15 is 0 Å². The maximum absolute atomic E-state index is 12.8. The Balaban J connectivity index is 1.87. The van der Waals surface area contributed by atoms with Crippen LogP contribution in [0.1, 0.15) is 18.1 Å². The maximum atomic E-state index is 12.8. The van der Waals surface area contributed by atoms with Crippen molar-refractivity contribution < 1.29 is 13.3 Å². The fraction of sp³-hybridized carbons (Fsp3) is 0.217. The van der Waals surface area contributed by atoms with Crippen molar-refractivity contribution >= 4 is 10.0 Å². The zero-order valence-corrected chi connectivity index (χ0v) is 17.1. The highest BCUT2D eigenvalue weighted by Gasteiger charge is 2.37. The Hall–Kier alpha value is -2.47. The van der Waals surface area contributed by atoms with Crippen LogP contribution in [0.15, 0.2) is 95.9 Å². The first kappa shape index (κ1) is 20.3. The summed E-state index contributed by atoms with van der Waals surface area (Å²) in [4.78, 5) is 1.49. The van der Waals surface area contributed by atoms with Crippen molar-refractivity contribution in [3.8, 4) is 0 Å². The molecular weight excluding hydrogens is 368 g/mol. The van der Waals surface area contributed by atoms with Gasteiger partial charge in [-0.1, -0.05) is 78.9 Å². The van der Waals surface area contributed by atoms with Crippen LogP contribution in [0.3, 0.4) is 0 Å². The molecule has 2 atom stereocenters. The minimum Gasteiger partial charge on any atom is -0.324 e. The summed E-state index contributed by atoms with van der Waals surface area (Å²) in [6.45, 7) is 3.19. The van der Waals surface area contributed by atoms with Crippen LogP contribution in [0.5, 0.6) is 0 Å². The largest absolute Gasteiger partial charge is 0.324 e. The van der Waals surface area contributed by atoms with Crippen molar-refractivity contribution in [2.75, 3.05) is 13.6 Å². The van der Waals surface area contributed by atoms with E-state index in [1.165, 1.54) is 10.5 Å². The summed E-state index contributed by atoms with van der Waals surface area (Å²) in [5, 5.41) is 0. The fourth-order valence-electron chi connectivity index (χ4n) is 3.32. The van der Waals surface area contributed by atoms with Crippen LogP contribution in [-0.2, 0) is 22.1 Å². The smallest absolute Gasteiger partial charge is 0.240 e. The van der Waals surface area contributed by atoms with Crippen LogP contribution in [-0.4, -0.2) is 22.0 Å². The molecule has 0 bridgehead atoms. The highest BCUT2D eigenvalue weighted by molar-refractivity contribution is 7.89. The van der Waals surface area contributed by atoms with Crippen molar-refractivity contribution in [2.45, 2.75) is 23.9 Å². The van der Waals surface area contributed by atoms with Crippen molar-refractivity contribution in [1.29, 1.82) is 0 Å². The lowest BCUT2D eigenvalue weighted by Gasteiger charge is -2.36. The lowest BCUT2D eigenvalue weighted by atomic mass is 9.90. The van der Waals surface area contributed by atoms with E-state index in [0.717, 1.165) is 12.1 Å². The summed E-state index contributed by atoms with van der Waals surface area (Å²) in [5.41, 5.74) is 1.88. The molecule has 0 aromatic heterocycles. The summed E-state index contributed by atoms with van der Waals surface area (Å²) in [6.07, 6.45) is 0. The van der Waals surface area contributed by atoms with Gasteiger partial charge >= 0.3 is 0 Å². The molecule has 5 heteroatoms. The Morgan fingerprint density at radius 2 is 1.32 bits per heavy atom. The Bertz CT molecular complexity index is 977. The van der Waals surface area contributed by atoms with E-state index in [1.807, 2.05) is 42.5 Å². The van der Waals surface area contributed by atoms with Gasteiger partial charge in [-0.3, -0.25) is 0 Å². The lowest BCUT2D eigenvalue weighted by molar-refractivity contribution is -0.952. The van der Waals surface area contributed by atoms with E-state index in [-0.39, 0.29) is 4.90 Å². The first-order valence-electron chi connectivity index (χ1n) is 9.39. The van der Waals surface area contributed by atoms with Crippen LogP contribution in [0.2, 0.25) is 0 Å². The second-order valence-electron chi connectivity index (χ2n) is 7.28. The molecule has 28 heavy (non-hydrogen) atoms. The predicted molar refractivity (Wildman–Crippen MR) is 112 cm³/mol. The molecule has 3 aromatic carbocycles. The standard InChI is InChI=1S/C23H26N2O2S/c1-23(21-14-8-4-9-15-21,25(2)18-20-12-6-3-7-13-20)19-24-28(26,27)22-16-10-5-11-17-22/h3-17,24H,18-19H2,1-2H3/p+1/t23-/m1/s1. The molecule has 2 N–H and O–H groups in total. The molecule has 0 aliphatic carbocycles. The van der Waals surface area contributed by atoms with Gasteiger partial charge in [-0.15, -0.1) is 0 Å². The average Bonchev–Trinajstić information content (AvgIpc) is 2.74. The number of benzene rings is 3. The van der Waals surface area contributed by atoms with Crippen LogP contribution < -0.4 is 9.62 Å². The third kappa shape index (κ3) is 4.68. The molecule has 0 aliphatic rings. The average molecular weight is 396 g/mol. The van der Waals surface area contributed by atoms with Gasteiger partial charge in [0.15, 0.2) is 0 Å². The topological polar surface area (TPSA) is 50.6 Å². The van der Waals surface area contributed by atoms with Gasteiger partial charge in [0, 0.05) is 11.1 Å². The number of hydrogen-bond acceptors (Lipinski definition) is 2. The van der Waals surface area contributed by atoms with E-state index in [1.54, 1.807) is 24.3 Å². The fourth-order valence-corrected chi connectivity index (χ4v) is 4.49. The highest BCUT2D eigenvalue weighted by Crippen LogP contribution is 2.18. The Labute approximate surface area is 167 Å². The second-order valence-corrected chi connectivity index (χ2v) is 9.05. The van der Waals surface area contributed by atoms with Gasteiger partial charge in [0.05, 0.1) is 18.5 Å². The van der Waals surface area contributed by atoms with E-state index in [4.69, 9.17) is 0 Å². The lowest BCUT2D eigenvalue weighted by Crippen LogP contribution is -3.15. The van der Waals surface area contributed by atoms with E-state index in [0.29, 0.717) is 6.54 Å². The maximum Gasteiger partial charge on any atom is 0.240 e. The number of likely N-dealkylation sites (N-methyl/N-ethyl adjacent to an activating group) is 1. The Morgan fingerprint density at radius 1 is 0.821 bits per heavy atom. The molecule has 0 saturated heterocycles. The number of sulfonamides is 1. The second kappa shape index (κ2) is 8.69. The summed E-state index contributed by atoms with van der Waals surface area (Å²) in [6, 6.07) is 28.9. The van der Waals surface area contributed by atoms with Gasteiger partial charge in [-0.25, -0.2) is 13.1 Å². The first-order valence-corrected chi connectivity index (χ1v) is 10.9. The monoisotopic (exact) mass is 395 g/mol. The molecule has 0 radical (unpaired) electrons. The summed E-state index contributed by atoms with van der Waals surface area (Å²) in [5.74, 6) is 0. The zero-order valence-electron chi connectivity index (χ0n) is 16.3. The third-order valence-electron chi connectivity index (χ3n) is 5.33. The van der Waals surface area contributed by atoms with Crippen LogP contribution in [0.25, 0.3) is 0 Å². The van der Waals surface area contributed by atoms with Crippen molar-refractivity contribution in [2.24, 2.45) is 0 Å². The van der Waals surface area contributed by atoms with Gasteiger partial charge in [0.2, 0.25) is 10.0 Å². The van der Waals surface area contributed by atoms with Gasteiger partial charge in [-0.2, -0.15) is 0 Å². The van der Waals surface area contributed by atoms with Gasteiger partial charge < -0.3 is 4.90 Å². The van der Waals surface area contributed by atoms with E-state index in [9.17, 15) is 8.42 Å². The minimum atomic E-state index is -3.57. The molecular formula is C23H27N2O2S+. The molecule has 3 rings (SSSR count). The molecule has 146 valence electrons. The molecule has 3 aromatic rings. The number of nitrogens with one attached hydrogen (secondary N) is 2. The zero-order chi connectivity index (χ0) is 20.0. The number of quaternary nitrogens is 1. The van der Waals surface area contributed by atoms with Crippen LogP contribution in [0, 0.1) is 0 Å². The van der Waals surface area contributed by atoms with Crippen molar-refractivity contribution in [1.82, 2.24) is 4.72 Å². The third-order valence-corrected chi connectivity index (χ3v) is 6.75. The normalized spacial score (nSPS) is 14.9. The molecule has 0 saturated carbocycles. The molecule has 0 heterocycles.